The van der Waals surface area contributed by atoms with Crippen LogP contribution in [0, 0.1) is 28.9 Å². The third kappa shape index (κ3) is 4.50. The summed E-state index contributed by atoms with van der Waals surface area (Å²) >= 11 is 0. The minimum Gasteiger partial charge on any atom is -0.441 e. The van der Waals surface area contributed by atoms with Crippen LogP contribution in [0.5, 0.6) is 0 Å². The first kappa shape index (κ1) is 23.1. The zero-order chi connectivity index (χ0) is 25.6. The van der Waals surface area contributed by atoms with Crippen molar-refractivity contribution >= 4 is 17.1 Å². The van der Waals surface area contributed by atoms with Crippen molar-refractivity contribution in [3.8, 4) is 11.8 Å². The minimum absolute atomic E-state index is 0.187. The Balaban J connectivity index is 1.14. The van der Waals surface area contributed by atoms with Gasteiger partial charge in [-0.05, 0) is 61.9 Å². The van der Waals surface area contributed by atoms with Gasteiger partial charge in [-0.3, -0.25) is 4.90 Å². The molecule has 2 fully saturated rings. The van der Waals surface area contributed by atoms with Crippen LogP contribution in [0.3, 0.4) is 0 Å². The van der Waals surface area contributed by atoms with E-state index in [2.05, 4.69) is 25.9 Å². The maximum absolute atomic E-state index is 13.6. The molecule has 37 heavy (non-hydrogen) atoms. The van der Waals surface area contributed by atoms with Crippen LogP contribution in [0.15, 0.2) is 48.9 Å². The van der Waals surface area contributed by atoms with E-state index in [0.29, 0.717) is 17.8 Å². The molecule has 2 atom stereocenters. The fourth-order valence-corrected chi connectivity index (χ4v) is 5.56. The van der Waals surface area contributed by atoms with E-state index in [1.54, 1.807) is 23.5 Å². The first-order chi connectivity index (χ1) is 17.9. The van der Waals surface area contributed by atoms with Crippen LogP contribution in [0.2, 0.25) is 0 Å². The molecule has 2 aliphatic rings. The lowest BCUT2D eigenvalue weighted by atomic mass is 9.78. The number of fused-ring (bicyclic) bond motifs is 1. The van der Waals surface area contributed by atoms with E-state index in [1.165, 1.54) is 4.68 Å². The summed E-state index contributed by atoms with van der Waals surface area (Å²) in [6.07, 6.45) is 6.40. The Labute approximate surface area is 210 Å². The van der Waals surface area contributed by atoms with E-state index in [1.807, 2.05) is 12.1 Å². The van der Waals surface area contributed by atoms with E-state index >= 15 is 0 Å². The number of hydrogen-bond donors (Lipinski definition) is 0. The molecule has 1 saturated heterocycles. The second-order valence-electron chi connectivity index (χ2n) is 9.86. The van der Waals surface area contributed by atoms with Gasteiger partial charge in [0.1, 0.15) is 22.9 Å². The molecule has 2 unspecified atom stereocenters. The van der Waals surface area contributed by atoms with Crippen LogP contribution in [0.4, 0.5) is 13.6 Å². The number of aromatic nitrogens is 5. The summed E-state index contributed by atoms with van der Waals surface area (Å²) in [7, 11) is 0. The van der Waals surface area contributed by atoms with Crippen LogP contribution < -0.4 is 0 Å². The van der Waals surface area contributed by atoms with E-state index in [-0.39, 0.29) is 18.2 Å². The number of benzene rings is 2. The molecule has 188 valence electrons. The Morgan fingerprint density at radius 3 is 2.84 bits per heavy atom. The molecule has 1 amide bonds. The average Bonchev–Trinajstić information content (AvgIpc) is 3.57. The molecule has 0 N–H and O–H groups in total. The number of ether oxygens (including phenoxy) is 1. The number of imidazole rings is 1. The topological polar surface area (TPSA) is 102 Å². The smallest absolute Gasteiger partial charge is 0.410 e. The zero-order valence-electron chi connectivity index (χ0n) is 19.8. The Hall–Kier alpha value is -4.33. The molecular formula is C26H23F2N7O2. The lowest BCUT2D eigenvalue weighted by molar-refractivity contribution is 0.00415. The zero-order valence-corrected chi connectivity index (χ0v) is 19.8. The number of carbonyl (C=O) groups is 1. The van der Waals surface area contributed by atoms with Crippen molar-refractivity contribution in [2.24, 2.45) is 5.92 Å². The Kier molecular flexibility index (Phi) is 5.59. The van der Waals surface area contributed by atoms with Gasteiger partial charge < -0.3 is 9.30 Å². The molecular weight excluding hydrogens is 480 g/mol. The van der Waals surface area contributed by atoms with Gasteiger partial charge in [-0.2, -0.15) is 5.26 Å². The van der Waals surface area contributed by atoms with Crippen molar-refractivity contribution in [1.82, 2.24) is 29.4 Å². The molecule has 1 aliphatic heterocycles. The van der Waals surface area contributed by atoms with Gasteiger partial charge in [-0.15, -0.1) is 5.10 Å². The third-order valence-electron chi connectivity index (χ3n) is 7.16. The first-order valence-electron chi connectivity index (χ1n) is 12.1. The number of nitriles is 1. The largest absolute Gasteiger partial charge is 0.441 e. The second kappa shape index (κ2) is 8.96. The van der Waals surface area contributed by atoms with E-state index < -0.39 is 23.3 Å². The molecule has 2 aromatic heterocycles. The van der Waals surface area contributed by atoms with E-state index in [9.17, 15) is 18.8 Å². The van der Waals surface area contributed by atoms with Gasteiger partial charge in [0.05, 0.1) is 54.0 Å². The van der Waals surface area contributed by atoms with Crippen LogP contribution in [-0.4, -0.2) is 47.7 Å². The number of hydrogen-bond acceptors (Lipinski definition) is 6. The van der Waals surface area contributed by atoms with Gasteiger partial charge in [0.15, 0.2) is 0 Å². The Morgan fingerprint density at radius 2 is 2.03 bits per heavy atom. The molecule has 0 bridgehead atoms. The molecule has 0 radical (unpaired) electrons. The summed E-state index contributed by atoms with van der Waals surface area (Å²) in [6, 6.07) is 10.7. The molecule has 1 saturated carbocycles. The number of halogens is 2. The number of nitrogens with zero attached hydrogens (tertiary/aromatic N) is 7. The molecule has 1 aliphatic carbocycles. The summed E-state index contributed by atoms with van der Waals surface area (Å²) in [5, 5.41) is 17.3. The fraction of sp³-hybridized carbons (Fsp3) is 0.346. The minimum atomic E-state index is -0.710. The van der Waals surface area contributed by atoms with Crippen molar-refractivity contribution in [3.63, 3.8) is 0 Å². The van der Waals surface area contributed by atoms with Gasteiger partial charge in [0.2, 0.25) is 0 Å². The molecule has 11 heteroatoms. The van der Waals surface area contributed by atoms with Gasteiger partial charge in [0, 0.05) is 12.6 Å². The summed E-state index contributed by atoms with van der Waals surface area (Å²) in [5.74, 6) is -1.13. The summed E-state index contributed by atoms with van der Waals surface area (Å²) in [4.78, 5) is 18.9. The molecule has 1 spiro atoms. The summed E-state index contributed by atoms with van der Waals surface area (Å²) < 4.78 is 36.4. The van der Waals surface area contributed by atoms with Crippen molar-refractivity contribution in [2.75, 3.05) is 6.54 Å². The number of amides is 1. The molecule has 2 aromatic carbocycles. The lowest BCUT2D eigenvalue weighted by Gasteiger charge is -2.36. The number of rotatable bonds is 5. The summed E-state index contributed by atoms with van der Waals surface area (Å²) in [5.41, 5.74) is 2.48. The number of carbonyl (C=O) groups excluding carboxylic acids is 1. The van der Waals surface area contributed by atoms with Crippen molar-refractivity contribution in [1.29, 1.82) is 5.26 Å². The van der Waals surface area contributed by atoms with Crippen LogP contribution in [0.25, 0.3) is 16.7 Å². The van der Waals surface area contributed by atoms with Gasteiger partial charge >= 0.3 is 6.09 Å². The lowest BCUT2D eigenvalue weighted by Crippen LogP contribution is -2.40. The highest BCUT2D eigenvalue weighted by molar-refractivity contribution is 5.77. The van der Waals surface area contributed by atoms with Crippen molar-refractivity contribution in [3.05, 3.63) is 71.8 Å². The normalized spacial score (nSPS) is 21.5. The van der Waals surface area contributed by atoms with Crippen LogP contribution >= 0.6 is 0 Å². The quantitative estimate of drug-likeness (QED) is 0.401. The highest BCUT2D eigenvalue weighted by atomic mass is 19.1. The maximum Gasteiger partial charge on any atom is 0.410 e. The predicted octanol–water partition coefficient (Wildman–Crippen LogP) is 4.35. The predicted molar refractivity (Wildman–Crippen MR) is 127 cm³/mol. The maximum atomic E-state index is 13.6. The monoisotopic (exact) mass is 503 g/mol. The Bertz CT molecular complexity index is 1520. The van der Waals surface area contributed by atoms with Gasteiger partial charge in [0.25, 0.3) is 0 Å². The van der Waals surface area contributed by atoms with Crippen LogP contribution in [0.1, 0.15) is 36.9 Å². The fourth-order valence-electron chi connectivity index (χ4n) is 5.56. The molecule has 4 aromatic rings. The molecule has 9 nitrogen and oxygen atoms in total. The Morgan fingerprint density at radius 1 is 1.19 bits per heavy atom. The molecule has 3 heterocycles. The second-order valence-corrected chi connectivity index (χ2v) is 9.86. The highest BCUT2D eigenvalue weighted by Gasteiger charge is 2.48. The average molecular weight is 504 g/mol. The van der Waals surface area contributed by atoms with E-state index in [4.69, 9.17) is 4.74 Å². The third-order valence-corrected chi connectivity index (χ3v) is 7.16. The first-order valence-corrected chi connectivity index (χ1v) is 12.1. The van der Waals surface area contributed by atoms with Gasteiger partial charge in [-0.1, -0.05) is 5.21 Å². The molecule has 6 rings (SSSR count). The summed E-state index contributed by atoms with van der Waals surface area (Å²) in [6.45, 7) is 1.35. The van der Waals surface area contributed by atoms with Crippen LogP contribution in [-0.2, 0) is 17.8 Å². The van der Waals surface area contributed by atoms with Crippen molar-refractivity contribution in [2.45, 2.75) is 44.4 Å². The van der Waals surface area contributed by atoms with Crippen molar-refractivity contribution < 1.29 is 18.3 Å². The van der Waals surface area contributed by atoms with Gasteiger partial charge in [-0.25, -0.2) is 23.2 Å². The SMILES string of the molecule is N#Cc1ccc2ncn(CC3CCCC4(C3)CN(Cc3cn(-c5cc(F)cc(F)c5)nn3)C(=O)O4)c2c1. The standard InChI is InChI=1S/C26H23F2N7O2/c27-19-7-20(28)9-22(8-19)35-14-21(31-32-35)13-33-15-26(37-25(33)36)5-1-2-18(10-26)12-34-16-30-23-4-3-17(11-29)6-24(23)34/h3-4,6-9,14,16,18H,1-2,5,10,12-13,15H2. The highest BCUT2D eigenvalue weighted by Crippen LogP contribution is 2.41. The van der Waals surface area contributed by atoms with E-state index in [0.717, 1.165) is 61.5 Å².